The lowest BCUT2D eigenvalue weighted by Gasteiger charge is -1.86. The zero-order valence-electron chi connectivity index (χ0n) is 7.27. The quantitative estimate of drug-likeness (QED) is 0.531. The molecule has 0 saturated carbocycles. The van der Waals surface area contributed by atoms with Gasteiger partial charge in [0.2, 0.25) is 0 Å². The summed E-state index contributed by atoms with van der Waals surface area (Å²) in [4.78, 5) is 8.36. The van der Waals surface area contributed by atoms with Crippen molar-refractivity contribution in [2.45, 2.75) is 19.9 Å². The van der Waals surface area contributed by atoms with Crippen LogP contribution in [-0.4, -0.2) is 10.3 Å². The van der Waals surface area contributed by atoms with Crippen molar-refractivity contribution in [3.63, 3.8) is 0 Å². The molecule has 0 bridgehead atoms. The van der Waals surface area contributed by atoms with E-state index in [-0.39, 0.29) is 0 Å². The molecule has 0 saturated heterocycles. The molecule has 0 aliphatic carbocycles. The van der Waals surface area contributed by atoms with Gasteiger partial charge in [0.25, 0.3) is 5.09 Å². The maximum absolute atomic E-state index is 8.36. The van der Waals surface area contributed by atoms with E-state index in [9.17, 15) is 0 Å². The number of nitrogens with two attached hydrogens (primary N) is 1. The highest BCUT2D eigenvalue weighted by Crippen LogP contribution is 2.06. The van der Waals surface area contributed by atoms with Crippen molar-refractivity contribution in [2.24, 2.45) is 5.73 Å². The van der Waals surface area contributed by atoms with E-state index < -0.39 is 5.09 Å². The molecule has 0 radical (unpaired) electrons. The Morgan fingerprint density at radius 2 is 2.08 bits per heavy atom. The Balaban J connectivity index is 0.000000310. The van der Waals surface area contributed by atoms with Gasteiger partial charge in [0, 0.05) is 6.42 Å². The molecule has 0 amide bonds. The largest absolute Gasteiger partial charge is 0.465 e. The molecule has 6 heteroatoms. The molecule has 0 spiro atoms. The van der Waals surface area contributed by atoms with E-state index in [2.05, 4.69) is 6.92 Å². The molecule has 74 valence electrons. The van der Waals surface area contributed by atoms with E-state index in [1.54, 1.807) is 0 Å². The van der Waals surface area contributed by atoms with Crippen molar-refractivity contribution in [3.8, 4) is 0 Å². The summed E-state index contributed by atoms with van der Waals surface area (Å²) >= 11 is 0. The van der Waals surface area contributed by atoms with Crippen LogP contribution in [0.15, 0.2) is 16.5 Å². The first-order valence-electron chi connectivity index (χ1n) is 3.71. The molecule has 3 N–H and O–H groups in total. The third kappa shape index (κ3) is 5.68. The van der Waals surface area contributed by atoms with Gasteiger partial charge in [-0.2, -0.15) is 0 Å². The molecule has 0 aromatic carbocycles. The first kappa shape index (κ1) is 11.4. The molecular formula is C7H12N2O4. The molecular weight excluding hydrogens is 176 g/mol. The molecule has 1 aromatic heterocycles. The second-order valence-corrected chi connectivity index (χ2v) is 2.16. The van der Waals surface area contributed by atoms with Crippen LogP contribution in [-0.2, 0) is 13.0 Å². The Morgan fingerprint density at radius 1 is 1.62 bits per heavy atom. The van der Waals surface area contributed by atoms with Crippen molar-refractivity contribution in [2.75, 3.05) is 0 Å². The van der Waals surface area contributed by atoms with Crippen molar-refractivity contribution in [3.05, 3.63) is 33.8 Å². The van der Waals surface area contributed by atoms with Gasteiger partial charge in [0.1, 0.15) is 11.5 Å². The number of aryl methyl sites for hydroxylation is 1. The predicted molar refractivity (Wildman–Crippen MR) is 44.8 cm³/mol. The van der Waals surface area contributed by atoms with Crippen LogP contribution >= 0.6 is 0 Å². The minimum Gasteiger partial charge on any atom is -0.465 e. The average molecular weight is 188 g/mol. The smallest absolute Gasteiger partial charge is 0.291 e. The van der Waals surface area contributed by atoms with Gasteiger partial charge in [-0.05, 0) is 12.1 Å². The standard InChI is InChI=1S/C7H11NO.HNO3/c1-2-6-3-4-7(5-8)9-6;2-1(3)4/h3-4H,2,5,8H2,1H3;(H,2,3,4). The van der Waals surface area contributed by atoms with E-state index >= 15 is 0 Å². The Labute approximate surface area is 75.1 Å². The summed E-state index contributed by atoms with van der Waals surface area (Å²) in [5, 5.41) is 13.6. The minimum absolute atomic E-state index is 0.500. The number of nitrogens with zero attached hydrogens (tertiary/aromatic N) is 1. The summed E-state index contributed by atoms with van der Waals surface area (Å²) in [6, 6.07) is 3.88. The molecule has 1 rings (SSSR count). The SMILES string of the molecule is CCc1ccc(CN)o1.O=[N+]([O-])O. The van der Waals surface area contributed by atoms with Gasteiger partial charge in [0.15, 0.2) is 0 Å². The van der Waals surface area contributed by atoms with E-state index in [1.165, 1.54) is 0 Å². The van der Waals surface area contributed by atoms with E-state index in [4.69, 9.17) is 25.5 Å². The number of furan rings is 1. The maximum Gasteiger partial charge on any atom is 0.291 e. The van der Waals surface area contributed by atoms with Crippen LogP contribution in [0.2, 0.25) is 0 Å². The summed E-state index contributed by atoms with van der Waals surface area (Å²) < 4.78 is 5.26. The monoisotopic (exact) mass is 188 g/mol. The normalized spacial score (nSPS) is 8.77. The van der Waals surface area contributed by atoms with Gasteiger partial charge in [0.05, 0.1) is 6.54 Å². The van der Waals surface area contributed by atoms with Crippen LogP contribution in [0.4, 0.5) is 0 Å². The Morgan fingerprint density at radius 3 is 2.31 bits per heavy atom. The third-order valence-electron chi connectivity index (χ3n) is 1.27. The third-order valence-corrected chi connectivity index (χ3v) is 1.27. The summed E-state index contributed by atoms with van der Waals surface area (Å²) in [6.45, 7) is 2.55. The number of hydrogen-bond donors (Lipinski definition) is 2. The molecule has 6 nitrogen and oxygen atoms in total. The Hall–Kier alpha value is -1.56. The molecule has 1 aromatic rings. The van der Waals surface area contributed by atoms with E-state index in [1.807, 2.05) is 12.1 Å². The van der Waals surface area contributed by atoms with Gasteiger partial charge in [-0.25, -0.2) is 0 Å². The summed E-state index contributed by atoms with van der Waals surface area (Å²) in [5.74, 6) is 1.88. The average Bonchev–Trinajstić information content (AvgIpc) is 2.50. The molecule has 0 aliphatic heterocycles. The Kier molecular flexibility index (Phi) is 5.29. The van der Waals surface area contributed by atoms with Gasteiger partial charge in [-0.3, -0.25) is 0 Å². The Bertz CT molecular complexity index is 236. The first-order chi connectivity index (χ1) is 6.10. The lowest BCUT2D eigenvalue weighted by Crippen LogP contribution is -1.92. The highest BCUT2D eigenvalue weighted by atomic mass is 16.9. The topological polar surface area (TPSA) is 103 Å². The predicted octanol–water partition coefficient (Wildman–Crippen LogP) is 0.953. The zero-order chi connectivity index (χ0) is 10.3. The lowest BCUT2D eigenvalue weighted by molar-refractivity contribution is -0.742. The molecule has 0 atom stereocenters. The van der Waals surface area contributed by atoms with Crippen LogP contribution in [0.5, 0.6) is 0 Å². The van der Waals surface area contributed by atoms with Crippen molar-refractivity contribution in [1.82, 2.24) is 0 Å². The van der Waals surface area contributed by atoms with Crippen molar-refractivity contribution >= 4 is 0 Å². The fourth-order valence-corrected chi connectivity index (χ4v) is 0.722. The molecule has 0 aliphatic rings. The summed E-state index contributed by atoms with van der Waals surface area (Å²) in [6.07, 6.45) is 0.944. The highest BCUT2D eigenvalue weighted by Gasteiger charge is 1.95. The molecule has 0 unspecified atom stereocenters. The zero-order valence-corrected chi connectivity index (χ0v) is 7.27. The van der Waals surface area contributed by atoms with Gasteiger partial charge < -0.3 is 15.4 Å². The van der Waals surface area contributed by atoms with Crippen molar-refractivity contribution in [1.29, 1.82) is 0 Å². The van der Waals surface area contributed by atoms with Gasteiger partial charge in [-0.15, -0.1) is 10.1 Å². The fraction of sp³-hybridized carbons (Fsp3) is 0.429. The summed E-state index contributed by atoms with van der Waals surface area (Å²) in [5.41, 5.74) is 5.32. The number of rotatable bonds is 2. The molecule has 0 fully saturated rings. The first-order valence-corrected chi connectivity index (χ1v) is 3.71. The van der Waals surface area contributed by atoms with Crippen molar-refractivity contribution < 1.29 is 14.7 Å². The van der Waals surface area contributed by atoms with Crippen LogP contribution in [0.1, 0.15) is 18.4 Å². The lowest BCUT2D eigenvalue weighted by atomic mass is 10.4. The van der Waals surface area contributed by atoms with Crippen LogP contribution in [0, 0.1) is 10.1 Å². The molecule has 1 heterocycles. The maximum atomic E-state index is 8.36. The second-order valence-electron chi connectivity index (χ2n) is 2.16. The fourth-order valence-electron chi connectivity index (χ4n) is 0.722. The number of hydrogen-bond acceptors (Lipinski definition) is 4. The van der Waals surface area contributed by atoms with Crippen LogP contribution in [0.3, 0.4) is 0 Å². The van der Waals surface area contributed by atoms with Gasteiger partial charge in [-0.1, -0.05) is 6.92 Å². The van der Waals surface area contributed by atoms with Gasteiger partial charge >= 0.3 is 0 Å². The minimum atomic E-state index is -1.50. The van der Waals surface area contributed by atoms with Crippen LogP contribution in [0.25, 0.3) is 0 Å². The second kappa shape index (κ2) is 6.01. The van der Waals surface area contributed by atoms with E-state index in [0.29, 0.717) is 6.54 Å². The highest BCUT2D eigenvalue weighted by molar-refractivity contribution is 5.06. The van der Waals surface area contributed by atoms with Crippen LogP contribution < -0.4 is 5.73 Å². The summed E-state index contributed by atoms with van der Waals surface area (Å²) in [7, 11) is 0. The van der Waals surface area contributed by atoms with E-state index in [0.717, 1.165) is 17.9 Å². The molecule has 13 heavy (non-hydrogen) atoms.